The van der Waals surface area contributed by atoms with Gasteiger partial charge in [0.05, 0.1) is 22.7 Å². The smallest absolute Gasteiger partial charge is 0.243 e. The summed E-state index contributed by atoms with van der Waals surface area (Å²) in [5.41, 5.74) is 2.10. The van der Waals surface area contributed by atoms with Crippen molar-refractivity contribution in [2.45, 2.75) is 32.7 Å². The summed E-state index contributed by atoms with van der Waals surface area (Å²) < 4.78 is 8.02. The summed E-state index contributed by atoms with van der Waals surface area (Å²) in [5, 5.41) is 3.53. The van der Waals surface area contributed by atoms with Crippen LogP contribution in [0.3, 0.4) is 0 Å². The Morgan fingerprint density at radius 3 is 2.79 bits per heavy atom. The molecule has 0 aliphatic carbocycles. The lowest BCUT2D eigenvalue weighted by Gasteiger charge is -2.11. The molecule has 0 fully saturated rings. The number of hydrogen-bond donors (Lipinski definition) is 1. The minimum absolute atomic E-state index is 0.0770. The van der Waals surface area contributed by atoms with E-state index in [9.17, 15) is 4.79 Å². The third-order valence-electron chi connectivity index (χ3n) is 4.57. The quantitative estimate of drug-likeness (QED) is 0.385. The minimum atomic E-state index is -0.0770. The largest absolute Gasteiger partial charge is 0.492 e. The fourth-order valence-corrected chi connectivity index (χ4v) is 3.38. The van der Waals surface area contributed by atoms with Crippen LogP contribution in [0.15, 0.2) is 60.7 Å². The van der Waals surface area contributed by atoms with E-state index in [1.54, 1.807) is 6.08 Å². The van der Waals surface area contributed by atoms with Gasteiger partial charge in [-0.05, 0) is 50.1 Å². The van der Waals surface area contributed by atoms with Gasteiger partial charge < -0.3 is 14.6 Å². The Labute approximate surface area is 176 Å². The molecule has 1 amide bonds. The summed E-state index contributed by atoms with van der Waals surface area (Å²) in [7, 11) is 0. The first-order valence-corrected chi connectivity index (χ1v) is 10.3. The van der Waals surface area contributed by atoms with Crippen molar-refractivity contribution in [2.24, 2.45) is 0 Å². The van der Waals surface area contributed by atoms with E-state index in [0.29, 0.717) is 24.6 Å². The number of benzene rings is 2. The van der Waals surface area contributed by atoms with Gasteiger partial charge in [-0.2, -0.15) is 0 Å². The zero-order valence-corrected chi connectivity index (χ0v) is 17.4. The Bertz CT molecular complexity index is 981. The van der Waals surface area contributed by atoms with E-state index in [0.717, 1.165) is 42.0 Å². The van der Waals surface area contributed by atoms with Gasteiger partial charge in [-0.15, -0.1) is 0 Å². The van der Waals surface area contributed by atoms with E-state index in [-0.39, 0.29) is 5.91 Å². The van der Waals surface area contributed by atoms with E-state index in [1.165, 1.54) is 6.08 Å². The molecule has 152 valence electrons. The van der Waals surface area contributed by atoms with Gasteiger partial charge in [0, 0.05) is 19.5 Å². The van der Waals surface area contributed by atoms with Crippen LogP contribution >= 0.6 is 11.6 Å². The van der Waals surface area contributed by atoms with E-state index in [1.807, 2.05) is 49.4 Å². The number of amides is 1. The summed E-state index contributed by atoms with van der Waals surface area (Å²) in [6.07, 6.45) is 5.82. The number of carbonyl (C=O) groups is 1. The molecule has 0 bridgehead atoms. The van der Waals surface area contributed by atoms with Crippen molar-refractivity contribution in [3.63, 3.8) is 0 Å². The maximum atomic E-state index is 11.6. The van der Waals surface area contributed by atoms with Gasteiger partial charge in [0.2, 0.25) is 5.91 Å². The second-order valence-electron chi connectivity index (χ2n) is 6.70. The Morgan fingerprint density at radius 2 is 1.97 bits per heavy atom. The molecule has 0 aliphatic rings. The predicted molar refractivity (Wildman–Crippen MR) is 117 cm³/mol. The fraction of sp³-hybridized carbons (Fsp3) is 0.304. The van der Waals surface area contributed by atoms with Crippen molar-refractivity contribution in [2.75, 3.05) is 13.2 Å². The molecule has 6 heteroatoms. The number of nitrogens with zero attached hydrogens (tertiary/aromatic N) is 2. The van der Waals surface area contributed by atoms with Gasteiger partial charge in [0.15, 0.2) is 0 Å². The molecule has 0 atom stereocenters. The highest BCUT2D eigenvalue weighted by molar-refractivity contribution is 6.32. The highest BCUT2D eigenvalue weighted by Crippen LogP contribution is 2.23. The minimum Gasteiger partial charge on any atom is -0.492 e. The Kier molecular flexibility index (Phi) is 7.70. The number of fused-ring (bicyclic) bond motifs is 1. The number of allylic oxidation sites excluding steroid dienone is 1. The van der Waals surface area contributed by atoms with Crippen LogP contribution in [0.2, 0.25) is 5.02 Å². The van der Waals surface area contributed by atoms with E-state index >= 15 is 0 Å². The molecule has 0 saturated carbocycles. The molecule has 0 radical (unpaired) electrons. The van der Waals surface area contributed by atoms with Crippen molar-refractivity contribution in [3.05, 3.63) is 71.5 Å². The van der Waals surface area contributed by atoms with Crippen LogP contribution in [0.4, 0.5) is 0 Å². The monoisotopic (exact) mass is 411 g/mol. The number of ether oxygens (including phenoxy) is 1. The maximum Gasteiger partial charge on any atom is 0.243 e. The van der Waals surface area contributed by atoms with Gasteiger partial charge in [0.1, 0.15) is 11.6 Å². The van der Waals surface area contributed by atoms with Gasteiger partial charge in [0.25, 0.3) is 0 Å². The Hall–Kier alpha value is -2.79. The lowest BCUT2D eigenvalue weighted by molar-refractivity contribution is -0.116. The molecule has 0 unspecified atom stereocenters. The topological polar surface area (TPSA) is 56.2 Å². The summed E-state index contributed by atoms with van der Waals surface area (Å²) in [5.74, 6) is 1.63. The third kappa shape index (κ3) is 5.84. The second-order valence-corrected chi connectivity index (χ2v) is 7.10. The molecule has 29 heavy (non-hydrogen) atoms. The molecule has 5 nitrogen and oxygen atoms in total. The van der Waals surface area contributed by atoms with Crippen LogP contribution < -0.4 is 10.1 Å². The number of nitrogens with one attached hydrogen (secondary N) is 1. The number of unbranched alkanes of at least 4 members (excludes halogenated alkanes) is 1. The van der Waals surface area contributed by atoms with Gasteiger partial charge in [-0.1, -0.05) is 41.9 Å². The van der Waals surface area contributed by atoms with Crippen LogP contribution in [-0.4, -0.2) is 28.6 Å². The first-order valence-electron chi connectivity index (χ1n) is 9.91. The molecule has 0 saturated heterocycles. The lowest BCUT2D eigenvalue weighted by Crippen LogP contribution is -2.24. The standard InChI is InChI=1S/C23H26ClN3O2/c1-2-9-23(28)25-15-14-22-26-19-11-4-5-12-20(19)27(22)16-7-8-17-29-21-13-6-3-10-18(21)24/h2-6,9-13H,7-8,14-17H2,1H3,(H,25,28)/b9-2+. The number of halogens is 1. The summed E-state index contributed by atoms with van der Waals surface area (Å²) in [6.45, 7) is 3.85. The molecule has 1 heterocycles. The highest BCUT2D eigenvalue weighted by atomic mass is 35.5. The van der Waals surface area contributed by atoms with E-state index in [4.69, 9.17) is 21.3 Å². The highest BCUT2D eigenvalue weighted by Gasteiger charge is 2.10. The molecular weight excluding hydrogens is 386 g/mol. The Balaban J connectivity index is 1.57. The average molecular weight is 412 g/mol. The predicted octanol–water partition coefficient (Wildman–Crippen LogP) is 4.78. The summed E-state index contributed by atoms with van der Waals surface area (Å²) in [6, 6.07) is 15.6. The van der Waals surface area contributed by atoms with Crippen molar-refractivity contribution >= 4 is 28.5 Å². The Morgan fingerprint density at radius 1 is 1.17 bits per heavy atom. The molecular formula is C23H26ClN3O2. The van der Waals surface area contributed by atoms with Gasteiger partial charge in [-0.3, -0.25) is 4.79 Å². The molecule has 0 aliphatic heterocycles. The first kappa shape index (κ1) is 20.9. The van der Waals surface area contributed by atoms with Crippen LogP contribution in [0.25, 0.3) is 11.0 Å². The lowest BCUT2D eigenvalue weighted by atomic mass is 10.3. The number of aromatic nitrogens is 2. The maximum absolute atomic E-state index is 11.6. The van der Waals surface area contributed by atoms with E-state index in [2.05, 4.69) is 16.0 Å². The third-order valence-corrected chi connectivity index (χ3v) is 4.88. The van der Waals surface area contributed by atoms with Crippen molar-refractivity contribution in [1.29, 1.82) is 0 Å². The number of carbonyl (C=O) groups excluding carboxylic acids is 1. The zero-order chi connectivity index (χ0) is 20.5. The molecule has 2 aromatic carbocycles. The number of para-hydroxylation sites is 3. The molecule has 1 aromatic heterocycles. The number of hydrogen-bond acceptors (Lipinski definition) is 3. The second kappa shape index (κ2) is 10.7. The molecule has 0 spiro atoms. The van der Waals surface area contributed by atoms with Gasteiger partial charge in [-0.25, -0.2) is 4.98 Å². The van der Waals surface area contributed by atoms with Crippen molar-refractivity contribution in [1.82, 2.24) is 14.9 Å². The van der Waals surface area contributed by atoms with Crippen LogP contribution in [0.5, 0.6) is 5.75 Å². The summed E-state index contributed by atoms with van der Waals surface area (Å²) in [4.78, 5) is 16.4. The van der Waals surface area contributed by atoms with Crippen LogP contribution in [0, 0.1) is 0 Å². The van der Waals surface area contributed by atoms with Crippen LogP contribution in [0.1, 0.15) is 25.6 Å². The normalized spacial score (nSPS) is 11.2. The van der Waals surface area contributed by atoms with Gasteiger partial charge >= 0.3 is 0 Å². The number of rotatable bonds is 10. The fourth-order valence-electron chi connectivity index (χ4n) is 3.19. The zero-order valence-electron chi connectivity index (χ0n) is 16.6. The molecule has 3 rings (SSSR count). The average Bonchev–Trinajstić information content (AvgIpc) is 3.07. The van der Waals surface area contributed by atoms with E-state index < -0.39 is 0 Å². The first-order chi connectivity index (χ1) is 14.2. The van der Waals surface area contributed by atoms with Crippen LogP contribution in [-0.2, 0) is 17.8 Å². The number of imidazole rings is 1. The molecule has 1 N–H and O–H groups in total. The molecule has 3 aromatic rings. The number of aryl methyl sites for hydroxylation is 1. The van der Waals surface area contributed by atoms with Crippen molar-refractivity contribution < 1.29 is 9.53 Å². The SMILES string of the molecule is C/C=C/C(=O)NCCc1nc2ccccc2n1CCCCOc1ccccc1Cl. The summed E-state index contributed by atoms with van der Waals surface area (Å²) >= 11 is 6.12. The van der Waals surface area contributed by atoms with Crippen molar-refractivity contribution in [3.8, 4) is 5.75 Å².